The molecule has 0 heterocycles. The Hall–Kier alpha value is -2.81. The van der Waals surface area contributed by atoms with Crippen LogP contribution in [-0.2, 0) is 32.7 Å². The average molecular weight is 833 g/mol. The van der Waals surface area contributed by atoms with Gasteiger partial charge in [0, 0.05) is 12.8 Å². The van der Waals surface area contributed by atoms with Crippen molar-refractivity contribution >= 4 is 19.8 Å². The summed E-state index contributed by atoms with van der Waals surface area (Å²) >= 11 is 0. The molecule has 1 unspecified atom stereocenters. The van der Waals surface area contributed by atoms with Gasteiger partial charge in [0.05, 0.1) is 27.7 Å². The van der Waals surface area contributed by atoms with Crippen LogP contribution in [0, 0.1) is 0 Å². The summed E-state index contributed by atoms with van der Waals surface area (Å²) in [5, 5.41) is 0. The van der Waals surface area contributed by atoms with Gasteiger partial charge in [0.25, 0.3) is 0 Å². The fourth-order valence-corrected chi connectivity index (χ4v) is 6.21. The van der Waals surface area contributed by atoms with Crippen LogP contribution < -0.4 is 0 Å². The SMILES string of the molecule is CC/C=C/C/C=C/C/C=C/C/C=C/C/C=C/C/C=C/CCC(=O)O[C@H](COC(=O)CC/C=C/CCCCCCCCCCCCC)COP(=O)(O)OCC[N+](C)(C)C. The van der Waals surface area contributed by atoms with Gasteiger partial charge in [-0.05, 0) is 64.2 Å². The number of unbranched alkanes of at least 4 members (excludes halogenated alkanes) is 11. The van der Waals surface area contributed by atoms with Crippen molar-refractivity contribution in [2.24, 2.45) is 0 Å². The van der Waals surface area contributed by atoms with Gasteiger partial charge < -0.3 is 18.9 Å². The molecular weight excluding hydrogens is 750 g/mol. The lowest BCUT2D eigenvalue weighted by Gasteiger charge is -2.24. The Morgan fingerprint density at radius 1 is 0.552 bits per heavy atom. The van der Waals surface area contributed by atoms with Gasteiger partial charge in [0.15, 0.2) is 6.10 Å². The molecule has 2 atom stereocenters. The Morgan fingerprint density at radius 2 is 0.983 bits per heavy atom. The topological polar surface area (TPSA) is 108 Å². The van der Waals surface area contributed by atoms with E-state index in [0.717, 1.165) is 51.4 Å². The molecule has 0 saturated heterocycles. The summed E-state index contributed by atoms with van der Waals surface area (Å²) in [6.45, 7) is 4.16. The van der Waals surface area contributed by atoms with Crippen LogP contribution in [0.15, 0.2) is 85.1 Å². The quantitative estimate of drug-likeness (QED) is 0.0214. The van der Waals surface area contributed by atoms with Gasteiger partial charge in [-0.3, -0.25) is 18.6 Å². The Balaban J connectivity index is 4.54. The minimum atomic E-state index is -4.41. The number of esters is 2. The van der Waals surface area contributed by atoms with Crippen LogP contribution in [0.3, 0.4) is 0 Å². The summed E-state index contributed by atoms with van der Waals surface area (Å²) < 4.78 is 34.1. The molecule has 0 aliphatic heterocycles. The van der Waals surface area contributed by atoms with E-state index in [2.05, 4.69) is 80.7 Å². The summed E-state index contributed by atoms with van der Waals surface area (Å²) in [6.07, 6.45) is 50.9. The highest BCUT2D eigenvalue weighted by Crippen LogP contribution is 2.43. The number of hydrogen-bond donors (Lipinski definition) is 1. The number of nitrogens with zero attached hydrogens (tertiary/aromatic N) is 1. The van der Waals surface area contributed by atoms with Gasteiger partial charge in [0.1, 0.15) is 19.8 Å². The van der Waals surface area contributed by atoms with E-state index < -0.39 is 32.5 Å². The monoisotopic (exact) mass is 833 g/mol. The maximum atomic E-state index is 12.7. The lowest BCUT2D eigenvalue weighted by molar-refractivity contribution is -0.870. The maximum absolute atomic E-state index is 12.7. The molecule has 0 amide bonds. The van der Waals surface area contributed by atoms with Crippen molar-refractivity contribution in [3.05, 3.63) is 85.1 Å². The molecule has 0 rings (SSSR count). The number of phosphoric acid groups is 1. The van der Waals surface area contributed by atoms with Gasteiger partial charge >= 0.3 is 19.8 Å². The molecule has 0 spiro atoms. The number of likely N-dealkylation sites (N-methyl/N-ethyl adjacent to an activating group) is 1. The molecule has 1 N–H and O–H groups in total. The van der Waals surface area contributed by atoms with Crippen molar-refractivity contribution in [3.63, 3.8) is 0 Å². The van der Waals surface area contributed by atoms with Crippen LogP contribution >= 0.6 is 7.82 Å². The number of ether oxygens (including phenoxy) is 2. The van der Waals surface area contributed by atoms with E-state index in [1.807, 2.05) is 39.4 Å². The summed E-state index contributed by atoms with van der Waals surface area (Å²) in [6, 6.07) is 0. The highest BCUT2D eigenvalue weighted by Gasteiger charge is 2.27. The van der Waals surface area contributed by atoms with E-state index in [9.17, 15) is 19.0 Å². The lowest BCUT2D eigenvalue weighted by Crippen LogP contribution is -2.37. The van der Waals surface area contributed by atoms with E-state index in [-0.39, 0.29) is 26.1 Å². The molecule has 0 radical (unpaired) electrons. The predicted molar refractivity (Wildman–Crippen MR) is 242 cm³/mol. The summed E-state index contributed by atoms with van der Waals surface area (Å²) in [4.78, 5) is 35.3. The Labute approximate surface area is 354 Å². The molecule has 332 valence electrons. The van der Waals surface area contributed by atoms with E-state index in [1.165, 1.54) is 64.2 Å². The zero-order chi connectivity index (χ0) is 42.8. The molecule has 0 aromatic rings. The Bertz CT molecular complexity index is 1260. The van der Waals surface area contributed by atoms with Gasteiger partial charge in [-0.2, -0.15) is 0 Å². The van der Waals surface area contributed by atoms with Crippen LogP contribution in [0.5, 0.6) is 0 Å². The molecule has 0 aromatic carbocycles. The number of carbonyl (C=O) groups is 2. The minimum absolute atomic E-state index is 0.00937. The second kappa shape index (κ2) is 39.6. The largest absolute Gasteiger partial charge is 0.472 e. The van der Waals surface area contributed by atoms with Crippen LogP contribution in [0.25, 0.3) is 0 Å². The maximum Gasteiger partial charge on any atom is 0.472 e. The number of rotatable bonds is 39. The van der Waals surface area contributed by atoms with Crippen LogP contribution in [-0.4, -0.2) is 74.9 Å². The van der Waals surface area contributed by atoms with Crippen molar-refractivity contribution in [1.82, 2.24) is 0 Å². The fourth-order valence-electron chi connectivity index (χ4n) is 5.47. The zero-order valence-electron chi connectivity index (χ0n) is 37.2. The molecule has 0 saturated carbocycles. The third-order valence-corrected chi connectivity index (χ3v) is 9.92. The highest BCUT2D eigenvalue weighted by molar-refractivity contribution is 7.47. The summed E-state index contributed by atoms with van der Waals surface area (Å²) in [5.41, 5.74) is 0. The molecule has 0 fully saturated rings. The number of carbonyl (C=O) groups excluding carboxylic acids is 2. The normalized spacial score (nSPS) is 14.4. The van der Waals surface area contributed by atoms with Crippen molar-refractivity contribution in [2.45, 2.75) is 161 Å². The number of hydrogen-bond acceptors (Lipinski definition) is 7. The molecule has 0 aliphatic rings. The third-order valence-electron chi connectivity index (χ3n) is 8.94. The number of allylic oxidation sites excluding steroid dienone is 14. The fraction of sp³-hybridized carbons (Fsp3) is 0.667. The first-order chi connectivity index (χ1) is 28.0. The lowest BCUT2D eigenvalue weighted by atomic mass is 10.1. The molecule has 58 heavy (non-hydrogen) atoms. The van der Waals surface area contributed by atoms with Crippen LogP contribution in [0.4, 0.5) is 0 Å². The second-order valence-corrected chi connectivity index (χ2v) is 17.1. The molecule has 0 aliphatic carbocycles. The van der Waals surface area contributed by atoms with Crippen LogP contribution in [0.1, 0.15) is 155 Å². The summed E-state index contributed by atoms with van der Waals surface area (Å²) in [5.74, 6) is -0.960. The van der Waals surface area contributed by atoms with Gasteiger partial charge in [-0.15, -0.1) is 0 Å². The standard InChI is InChI=1S/C48H82NO8P/c1-6-8-10-12-14-16-18-20-22-23-24-25-27-29-31-33-35-37-39-41-48(51)57-46(45-56-58(52,53)55-43-42-49(3,4)5)44-54-47(50)40-38-36-34-32-30-28-26-21-19-17-15-13-11-9-7-2/h8,10,14,16,20,22,24-25,29,31,34-37,46H,6-7,9,11-13,15,17-19,21,23,26-28,30,32-33,38-45H2,1-5H3/p+1/b10-8+,16-14+,22-20+,25-24+,31-29+,36-34+,37-35+/t46-/m1/s1. The smallest absolute Gasteiger partial charge is 0.462 e. The third kappa shape index (κ3) is 42.8. The predicted octanol–water partition coefficient (Wildman–Crippen LogP) is 12.8. The molecule has 10 heteroatoms. The molecule has 0 aromatic heterocycles. The Morgan fingerprint density at radius 3 is 1.48 bits per heavy atom. The average Bonchev–Trinajstić information content (AvgIpc) is 3.17. The summed E-state index contributed by atoms with van der Waals surface area (Å²) in [7, 11) is 1.40. The van der Waals surface area contributed by atoms with E-state index in [0.29, 0.717) is 23.9 Å². The van der Waals surface area contributed by atoms with Gasteiger partial charge in [-0.25, -0.2) is 4.57 Å². The van der Waals surface area contributed by atoms with E-state index >= 15 is 0 Å². The number of quaternary nitrogens is 1. The van der Waals surface area contributed by atoms with Crippen molar-refractivity contribution in [3.8, 4) is 0 Å². The van der Waals surface area contributed by atoms with Gasteiger partial charge in [0.2, 0.25) is 0 Å². The van der Waals surface area contributed by atoms with E-state index in [1.54, 1.807) is 0 Å². The van der Waals surface area contributed by atoms with E-state index in [4.69, 9.17) is 18.5 Å². The zero-order valence-corrected chi connectivity index (χ0v) is 38.1. The highest BCUT2D eigenvalue weighted by atomic mass is 31.2. The van der Waals surface area contributed by atoms with Crippen molar-refractivity contribution < 1.29 is 42.1 Å². The molecule has 9 nitrogen and oxygen atoms in total. The van der Waals surface area contributed by atoms with Crippen LogP contribution in [0.2, 0.25) is 0 Å². The number of phosphoric ester groups is 1. The minimum Gasteiger partial charge on any atom is -0.462 e. The molecule has 0 bridgehead atoms. The first-order valence-electron chi connectivity index (χ1n) is 22.3. The Kier molecular flexibility index (Phi) is 37.7. The first kappa shape index (κ1) is 55.2. The second-order valence-electron chi connectivity index (χ2n) is 15.7. The first-order valence-corrected chi connectivity index (χ1v) is 23.8. The molecular formula is C48H83NO8P+. The van der Waals surface area contributed by atoms with Gasteiger partial charge in [-0.1, -0.05) is 163 Å². The van der Waals surface area contributed by atoms with Crippen molar-refractivity contribution in [2.75, 3.05) is 47.5 Å². The van der Waals surface area contributed by atoms with Crippen molar-refractivity contribution in [1.29, 1.82) is 0 Å².